The van der Waals surface area contributed by atoms with Crippen molar-refractivity contribution in [2.24, 2.45) is 0 Å². The lowest BCUT2D eigenvalue weighted by Gasteiger charge is -2.20. The number of nitrogens with zero attached hydrogens (tertiary/aromatic N) is 2. The van der Waals surface area contributed by atoms with Gasteiger partial charge < -0.3 is 10.8 Å². The Morgan fingerprint density at radius 2 is 1.52 bits per heavy atom. The van der Waals surface area contributed by atoms with E-state index in [1.165, 1.54) is 29.1 Å². The number of hydrazine groups is 2. The number of hydrogen-bond donors (Lipinski definition) is 3. The summed E-state index contributed by atoms with van der Waals surface area (Å²) in [5.74, 6) is -0.931. The molecule has 0 aromatic heterocycles. The Balaban J connectivity index is 0.000000180. The molecule has 0 atom stereocenters. The largest absolute Gasteiger partial charge is 0.478 e. The predicted octanol–water partition coefficient (Wildman–Crippen LogP) is 3.53. The van der Waals surface area contributed by atoms with E-state index in [0.717, 1.165) is 6.54 Å². The Hall–Kier alpha value is -3.51. The monoisotopic (exact) mass is 362 g/mol. The number of nitrogens with two attached hydrogens (primary N) is 1. The van der Waals surface area contributed by atoms with Gasteiger partial charge in [0.1, 0.15) is 0 Å². The van der Waals surface area contributed by atoms with E-state index in [-0.39, 0.29) is 5.56 Å². The molecule has 6 heteroatoms. The highest BCUT2D eigenvalue weighted by Crippen LogP contribution is 2.32. The number of fused-ring (bicyclic) bond motifs is 1. The zero-order chi connectivity index (χ0) is 19.2. The fourth-order valence-electron chi connectivity index (χ4n) is 2.78. The number of benzene rings is 3. The van der Waals surface area contributed by atoms with Crippen molar-refractivity contribution in [3.05, 3.63) is 90.0 Å². The Kier molecular flexibility index (Phi) is 5.58. The molecule has 0 unspecified atom stereocenters. The SMILES string of the molecule is CN1NN(Cc2ccccc2)c2ccccc21.Nc1ccc(C(=O)O)cc1. The number of carboxylic acids is 1. The minimum absolute atomic E-state index is 0.259. The summed E-state index contributed by atoms with van der Waals surface area (Å²) in [6.45, 7) is 0.863. The molecule has 1 aliphatic rings. The van der Waals surface area contributed by atoms with Crippen LogP contribution in [0, 0.1) is 0 Å². The molecule has 0 aliphatic carbocycles. The molecule has 1 heterocycles. The van der Waals surface area contributed by atoms with Crippen molar-refractivity contribution in [1.82, 2.24) is 5.53 Å². The lowest BCUT2D eigenvalue weighted by molar-refractivity contribution is 0.0697. The van der Waals surface area contributed by atoms with E-state index in [0.29, 0.717) is 5.69 Å². The van der Waals surface area contributed by atoms with Gasteiger partial charge in [-0.2, -0.15) is 0 Å². The average Bonchev–Trinajstić information content (AvgIpc) is 2.99. The maximum atomic E-state index is 10.3. The first-order valence-electron chi connectivity index (χ1n) is 8.54. The Morgan fingerprint density at radius 1 is 0.926 bits per heavy atom. The Labute approximate surface area is 158 Å². The van der Waals surface area contributed by atoms with E-state index in [4.69, 9.17) is 10.8 Å². The van der Waals surface area contributed by atoms with Crippen molar-refractivity contribution in [2.45, 2.75) is 6.54 Å². The first-order valence-corrected chi connectivity index (χ1v) is 8.54. The fraction of sp³-hybridized carbons (Fsp3) is 0.0952. The van der Waals surface area contributed by atoms with Gasteiger partial charge >= 0.3 is 5.97 Å². The maximum Gasteiger partial charge on any atom is 0.335 e. The van der Waals surface area contributed by atoms with Crippen LogP contribution in [0.15, 0.2) is 78.9 Å². The van der Waals surface area contributed by atoms with E-state index >= 15 is 0 Å². The zero-order valence-electron chi connectivity index (χ0n) is 15.0. The number of rotatable bonds is 3. The minimum atomic E-state index is -0.931. The molecule has 27 heavy (non-hydrogen) atoms. The minimum Gasteiger partial charge on any atom is -0.478 e. The van der Waals surface area contributed by atoms with Crippen LogP contribution < -0.4 is 21.3 Å². The number of nitrogen functional groups attached to an aromatic ring is 1. The fourth-order valence-corrected chi connectivity index (χ4v) is 2.78. The number of hydrogen-bond acceptors (Lipinski definition) is 5. The normalized spacial score (nSPS) is 12.2. The van der Waals surface area contributed by atoms with E-state index in [1.54, 1.807) is 12.1 Å². The second-order valence-electron chi connectivity index (χ2n) is 6.15. The van der Waals surface area contributed by atoms with Gasteiger partial charge in [0.15, 0.2) is 0 Å². The molecule has 0 spiro atoms. The highest BCUT2D eigenvalue weighted by atomic mass is 16.4. The second-order valence-corrected chi connectivity index (χ2v) is 6.15. The molecule has 0 saturated heterocycles. The molecule has 0 saturated carbocycles. The van der Waals surface area contributed by atoms with Crippen LogP contribution in [0.3, 0.4) is 0 Å². The molecular formula is C21H22N4O2. The van der Waals surface area contributed by atoms with Gasteiger partial charge in [-0.1, -0.05) is 42.5 Å². The number of nitrogens with one attached hydrogen (secondary N) is 1. The van der Waals surface area contributed by atoms with Crippen molar-refractivity contribution in [3.63, 3.8) is 0 Å². The quantitative estimate of drug-likeness (QED) is 0.619. The van der Waals surface area contributed by atoms with E-state index < -0.39 is 5.97 Å². The van der Waals surface area contributed by atoms with Gasteiger partial charge in [0, 0.05) is 12.7 Å². The topological polar surface area (TPSA) is 81.8 Å². The van der Waals surface area contributed by atoms with Crippen LogP contribution in [0.25, 0.3) is 0 Å². The second kappa shape index (κ2) is 8.25. The summed E-state index contributed by atoms with van der Waals surface area (Å²) in [6.07, 6.45) is 0. The molecule has 4 rings (SSSR count). The number of anilines is 3. The first-order chi connectivity index (χ1) is 13.0. The van der Waals surface area contributed by atoms with Crippen LogP contribution in [0.4, 0.5) is 17.1 Å². The molecule has 3 aromatic rings. The summed E-state index contributed by atoms with van der Waals surface area (Å²) in [7, 11) is 2.03. The molecule has 3 aromatic carbocycles. The van der Waals surface area contributed by atoms with Gasteiger partial charge in [0.05, 0.1) is 23.5 Å². The van der Waals surface area contributed by atoms with Crippen molar-refractivity contribution in [2.75, 3.05) is 22.8 Å². The number of para-hydroxylation sites is 2. The van der Waals surface area contributed by atoms with Crippen LogP contribution >= 0.6 is 0 Å². The van der Waals surface area contributed by atoms with E-state index in [9.17, 15) is 4.79 Å². The molecule has 0 fully saturated rings. The molecule has 138 valence electrons. The highest BCUT2D eigenvalue weighted by Gasteiger charge is 2.21. The predicted molar refractivity (Wildman–Crippen MR) is 108 cm³/mol. The summed E-state index contributed by atoms with van der Waals surface area (Å²) in [6, 6.07) is 24.9. The van der Waals surface area contributed by atoms with Crippen LogP contribution in [0.1, 0.15) is 15.9 Å². The lowest BCUT2D eigenvalue weighted by Crippen LogP contribution is -2.41. The summed E-state index contributed by atoms with van der Waals surface area (Å²) in [4.78, 5) is 10.3. The van der Waals surface area contributed by atoms with Gasteiger partial charge in [-0.05, 0) is 42.0 Å². The van der Waals surface area contributed by atoms with Crippen molar-refractivity contribution < 1.29 is 9.90 Å². The number of aromatic carboxylic acids is 1. The first kappa shape index (κ1) is 18.3. The smallest absolute Gasteiger partial charge is 0.335 e. The summed E-state index contributed by atoms with van der Waals surface area (Å²) >= 11 is 0. The van der Waals surface area contributed by atoms with Gasteiger partial charge in [-0.25, -0.2) is 4.79 Å². The van der Waals surface area contributed by atoms with Crippen LogP contribution in [0.2, 0.25) is 0 Å². The van der Waals surface area contributed by atoms with Gasteiger partial charge in [0.2, 0.25) is 0 Å². The third-order valence-electron chi connectivity index (χ3n) is 4.15. The maximum absolute atomic E-state index is 10.3. The molecule has 0 amide bonds. The van der Waals surface area contributed by atoms with Crippen molar-refractivity contribution >= 4 is 23.0 Å². The zero-order valence-corrected chi connectivity index (χ0v) is 15.0. The molecule has 1 aliphatic heterocycles. The lowest BCUT2D eigenvalue weighted by atomic mass is 10.2. The molecule has 0 bridgehead atoms. The molecular weight excluding hydrogens is 340 g/mol. The highest BCUT2D eigenvalue weighted by molar-refractivity contribution is 5.87. The molecule has 6 nitrogen and oxygen atoms in total. The Bertz CT molecular complexity index is 898. The van der Waals surface area contributed by atoms with Gasteiger partial charge in [-0.15, -0.1) is 5.53 Å². The standard InChI is InChI=1S/C14H15N3.C7H7NO2/c1-16-13-9-5-6-10-14(13)17(15-16)11-12-7-3-2-4-8-12;8-6-3-1-5(2-4-6)7(9)10/h2-10,15H,11H2,1H3;1-4H,8H2,(H,9,10). The van der Waals surface area contributed by atoms with Gasteiger partial charge in [-0.3, -0.25) is 10.0 Å². The number of carboxylic acid groups (broad SMARTS) is 1. The summed E-state index contributed by atoms with van der Waals surface area (Å²) in [5.41, 5.74) is 13.2. The summed E-state index contributed by atoms with van der Waals surface area (Å²) in [5, 5.41) is 12.6. The van der Waals surface area contributed by atoms with Gasteiger partial charge in [0.25, 0.3) is 0 Å². The van der Waals surface area contributed by atoms with Crippen molar-refractivity contribution in [3.8, 4) is 0 Å². The average molecular weight is 362 g/mol. The summed E-state index contributed by atoms with van der Waals surface area (Å²) < 4.78 is 0. The van der Waals surface area contributed by atoms with Crippen LogP contribution in [0.5, 0.6) is 0 Å². The molecule has 0 radical (unpaired) electrons. The number of carbonyl (C=O) groups is 1. The Morgan fingerprint density at radius 3 is 2.15 bits per heavy atom. The third kappa shape index (κ3) is 4.56. The van der Waals surface area contributed by atoms with Crippen LogP contribution in [-0.2, 0) is 6.54 Å². The van der Waals surface area contributed by atoms with E-state index in [2.05, 4.69) is 59.1 Å². The molecule has 4 N–H and O–H groups in total. The van der Waals surface area contributed by atoms with Crippen LogP contribution in [-0.4, -0.2) is 18.1 Å². The van der Waals surface area contributed by atoms with Crippen molar-refractivity contribution in [1.29, 1.82) is 0 Å². The van der Waals surface area contributed by atoms with E-state index in [1.807, 2.05) is 18.1 Å². The third-order valence-corrected chi connectivity index (χ3v) is 4.15.